The Balaban J connectivity index is 2.22. The highest BCUT2D eigenvalue weighted by molar-refractivity contribution is 5.53. The molecule has 0 bridgehead atoms. The van der Waals surface area contributed by atoms with Crippen LogP contribution in [-0.2, 0) is 21.1 Å². The van der Waals surface area contributed by atoms with E-state index in [4.69, 9.17) is 0 Å². The van der Waals surface area contributed by atoms with E-state index in [1.165, 1.54) is 18.7 Å². The summed E-state index contributed by atoms with van der Waals surface area (Å²) in [5.41, 5.74) is -0.378. The maximum Gasteiger partial charge on any atom is 0.332 e. The average Bonchev–Trinajstić information content (AvgIpc) is 3.08. The molecule has 8 nitrogen and oxygen atoms in total. The molecule has 0 aliphatic carbocycles. The van der Waals surface area contributed by atoms with Gasteiger partial charge in [0.1, 0.15) is 23.8 Å². The summed E-state index contributed by atoms with van der Waals surface area (Å²) in [5, 5.41) is 12.6. The van der Waals surface area contributed by atoms with Crippen molar-refractivity contribution in [2.45, 2.75) is 6.04 Å². The smallest absolute Gasteiger partial charge is 0.332 e. The summed E-state index contributed by atoms with van der Waals surface area (Å²) in [6.07, 6.45) is 3.47. The molecule has 0 spiro atoms. The molecule has 0 amide bonds. The summed E-state index contributed by atoms with van der Waals surface area (Å²) >= 11 is 0. The SMILES string of the molecule is Cn1ccnc1[C@H](Nc1c(C#N)c(=O)n(C)c(=O)n1C)c1ccccc1. The van der Waals surface area contributed by atoms with Gasteiger partial charge in [0.25, 0.3) is 5.56 Å². The standard InChI is InChI=1S/C18H18N6O2/c1-22-10-9-20-16(22)14(12-7-5-4-6-8-12)21-15-13(11-19)17(25)24(3)18(26)23(15)2/h4-10,14,21H,1-3H3/t14-/m1/s1. The quantitative estimate of drug-likeness (QED) is 0.754. The second-order valence-corrected chi connectivity index (χ2v) is 5.93. The first-order valence-electron chi connectivity index (χ1n) is 7.94. The van der Waals surface area contributed by atoms with E-state index >= 15 is 0 Å². The number of aromatic nitrogens is 4. The Morgan fingerprint density at radius 3 is 2.38 bits per heavy atom. The van der Waals surface area contributed by atoms with E-state index in [9.17, 15) is 14.9 Å². The molecule has 1 aromatic carbocycles. The van der Waals surface area contributed by atoms with E-state index < -0.39 is 17.3 Å². The van der Waals surface area contributed by atoms with E-state index in [0.29, 0.717) is 5.82 Å². The van der Waals surface area contributed by atoms with Gasteiger partial charge in [-0.05, 0) is 5.56 Å². The molecule has 1 atom stereocenters. The minimum atomic E-state index is -0.634. The molecular weight excluding hydrogens is 332 g/mol. The predicted octanol–water partition coefficient (Wildman–Crippen LogP) is 0.891. The maximum atomic E-state index is 12.3. The van der Waals surface area contributed by atoms with Crippen molar-refractivity contribution in [3.63, 3.8) is 0 Å². The highest BCUT2D eigenvalue weighted by atomic mass is 16.2. The van der Waals surface area contributed by atoms with E-state index in [1.54, 1.807) is 12.4 Å². The van der Waals surface area contributed by atoms with Crippen LogP contribution in [-0.4, -0.2) is 18.7 Å². The Hall–Kier alpha value is -3.60. The number of nitriles is 1. The third kappa shape index (κ3) is 2.80. The number of anilines is 1. The van der Waals surface area contributed by atoms with Crippen LogP contribution < -0.4 is 16.6 Å². The normalized spacial score (nSPS) is 11.8. The number of hydrogen-bond acceptors (Lipinski definition) is 5. The molecular formula is C18H18N6O2. The Morgan fingerprint density at radius 1 is 1.12 bits per heavy atom. The first-order chi connectivity index (χ1) is 12.5. The van der Waals surface area contributed by atoms with Gasteiger partial charge in [-0.2, -0.15) is 5.26 Å². The summed E-state index contributed by atoms with van der Waals surface area (Å²) in [6, 6.07) is 11.0. The van der Waals surface area contributed by atoms with Gasteiger partial charge in [0.2, 0.25) is 0 Å². The first kappa shape index (κ1) is 17.2. The molecule has 1 N–H and O–H groups in total. The molecule has 3 aromatic rings. The number of rotatable bonds is 4. The van der Waals surface area contributed by atoms with Crippen LogP contribution in [0.2, 0.25) is 0 Å². The number of nitrogens with one attached hydrogen (secondary N) is 1. The van der Waals surface area contributed by atoms with Gasteiger partial charge >= 0.3 is 5.69 Å². The molecule has 0 saturated carbocycles. The van der Waals surface area contributed by atoms with Crippen molar-refractivity contribution in [1.82, 2.24) is 18.7 Å². The summed E-state index contributed by atoms with van der Waals surface area (Å²) in [7, 11) is 4.72. The summed E-state index contributed by atoms with van der Waals surface area (Å²) in [5.74, 6) is 0.852. The van der Waals surface area contributed by atoms with Gasteiger partial charge in [-0.3, -0.25) is 13.9 Å². The van der Waals surface area contributed by atoms with Crippen molar-refractivity contribution >= 4 is 5.82 Å². The Morgan fingerprint density at radius 2 is 1.81 bits per heavy atom. The van der Waals surface area contributed by atoms with E-state index in [1.807, 2.05) is 48.0 Å². The van der Waals surface area contributed by atoms with Gasteiger partial charge in [-0.25, -0.2) is 9.78 Å². The van der Waals surface area contributed by atoms with Gasteiger partial charge in [0.15, 0.2) is 5.56 Å². The Labute approximate surface area is 149 Å². The topological polar surface area (TPSA) is 97.6 Å². The lowest BCUT2D eigenvalue weighted by Crippen LogP contribution is -2.40. The lowest BCUT2D eigenvalue weighted by molar-refractivity contribution is 0.672. The second-order valence-electron chi connectivity index (χ2n) is 5.93. The molecule has 0 saturated heterocycles. The van der Waals surface area contributed by atoms with Crippen molar-refractivity contribution in [2.75, 3.05) is 5.32 Å². The van der Waals surface area contributed by atoms with Crippen LogP contribution in [0.4, 0.5) is 5.82 Å². The summed E-state index contributed by atoms with van der Waals surface area (Å²) in [6.45, 7) is 0. The fraction of sp³-hybridized carbons (Fsp3) is 0.222. The van der Waals surface area contributed by atoms with Gasteiger partial charge in [-0.1, -0.05) is 30.3 Å². The van der Waals surface area contributed by atoms with E-state index in [2.05, 4.69) is 10.3 Å². The van der Waals surface area contributed by atoms with Crippen LogP contribution in [0.5, 0.6) is 0 Å². The fourth-order valence-electron chi connectivity index (χ4n) is 2.85. The highest BCUT2D eigenvalue weighted by Gasteiger charge is 2.23. The van der Waals surface area contributed by atoms with Crippen LogP contribution in [0, 0.1) is 11.3 Å². The van der Waals surface area contributed by atoms with Crippen molar-refractivity contribution in [2.24, 2.45) is 21.1 Å². The third-order valence-corrected chi connectivity index (χ3v) is 4.31. The van der Waals surface area contributed by atoms with Crippen molar-refractivity contribution in [3.8, 4) is 6.07 Å². The molecule has 3 rings (SSSR count). The number of imidazole rings is 1. The minimum Gasteiger partial charge on any atom is -0.356 e. The maximum absolute atomic E-state index is 12.3. The first-order valence-corrected chi connectivity index (χ1v) is 7.94. The van der Waals surface area contributed by atoms with Gasteiger partial charge in [0, 0.05) is 33.5 Å². The monoisotopic (exact) mass is 350 g/mol. The van der Waals surface area contributed by atoms with Gasteiger partial charge < -0.3 is 9.88 Å². The minimum absolute atomic E-state index is 0.121. The van der Waals surface area contributed by atoms with Gasteiger partial charge in [-0.15, -0.1) is 0 Å². The number of nitrogens with zero attached hydrogens (tertiary/aromatic N) is 5. The van der Waals surface area contributed by atoms with Crippen LogP contribution in [0.15, 0.2) is 52.3 Å². The number of aryl methyl sites for hydroxylation is 1. The molecule has 2 heterocycles. The summed E-state index contributed by atoms with van der Waals surface area (Å²) in [4.78, 5) is 29.0. The van der Waals surface area contributed by atoms with Crippen LogP contribution in [0.1, 0.15) is 23.0 Å². The van der Waals surface area contributed by atoms with Crippen molar-refractivity contribution in [3.05, 3.63) is 80.5 Å². The lowest BCUT2D eigenvalue weighted by Gasteiger charge is -2.22. The van der Waals surface area contributed by atoms with Gasteiger partial charge in [0.05, 0.1) is 0 Å². The predicted molar refractivity (Wildman–Crippen MR) is 96.8 cm³/mol. The molecule has 0 aliphatic heterocycles. The van der Waals surface area contributed by atoms with Crippen LogP contribution >= 0.6 is 0 Å². The van der Waals surface area contributed by atoms with Crippen molar-refractivity contribution in [1.29, 1.82) is 5.26 Å². The molecule has 26 heavy (non-hydrogen) atoms. The molecule has 0 aliphatic rings. The molecule has 0 radical (unpaired) electrons. The highest BCUT2D eigenvalue weighted by Crippen LogP contribution is 2.25. The van der Waals surface area contributed by atoms with Crippen LogP contribution in [0.25, 0.3) is 0 Å². The second kappa shape index (κ2) is 6.72. The van der Waals surface area contributed by atoms with Crippen molar-refractivity contribution < 1.29 is 0 Å². The fourth-order valence-corrected chi connectivity index (χ4v) is 2.85. The Kier molecular flexibility index (Phi) is 4.45. The molecule has 132 valence electrons. The average molecular weight is 350 g/mol. The molecule has 0 fully saturated rings. The van der Waals surface area contributed by atoms with E-state index in [-0.39, 0.29) is 11.4 Å². The zero-order valence-electron chi connectivity index (χ0n) is 14.7. The molecule has 0 unspecified atom stereocenters. The zero-order valence-corrected chi connectivity index (χ0v) is 14.7. The zero-order chi connectivity index (χ0) is 18.8. The largest absolute Gasteiger partial charge is 0.356 e. The third-order valence-electron chi connectivity index (χ3n) is 4.31. The Bertz CT molecular complexity index is 1100. The lowest BCUT2D eigenvalue weighted by atomic mass is 10.1. The van der Waals surface area contributed by atoms with Crippen LogP contribution in [0.3, 0.4) is 0 Å². The van der Waals surface area contributed by atoms with E-state index in [0.717, 1.165) is 10.1 Å². The number of hydrogen-bond donors (Lipinski definition) is 1. The molecule has 8 heteroatoms. The number of benzene rings is 1. The summed E-state index contributed by atoms with van der Waals surface area (Å²) < 4.78 is 4.02. The molecule has 2 aromatic heterocycles.